The van der Waals surface area contributed by atoms with E-state index in [2.05, 4.69) is 27.6 Å². The van der Waals surface area contributed by atoms with Crippen molar-refractivity contribution in [3.05, 3.63) is 76.4 Å². The molecule has 0 fully saturated rings. The van der Waals surface area contributed by atoms with Gasteiger partial charge in [0.05, 0.1) is 11.6 Å². The van der Waals surface area contributed by atoms with E-state index in [1.807, 2.05) is 38.1 Å². The van der Waals surface area contributed by atoms with E-state index in [9.17, 15) is 4.79 Å². The van der Waals surface area contributed by atoms with Crippen molar-refractivity contribution in [3.63, 3.8) is 0 Å². The number of anilines is 1. The summed E-state index contributed by atoms with van der Waals surface area (Å²) in [6.07, 6.45) is 3.30. The maximum Gasteiger partial charge on any atom is 0.250 e. The molecular formula is C21H18N4OS2. The van der Waals surface area contributed by atoms with Gasteiger partial charge < -0.3 is 0 Å². The van der Waals surface area contributed by atoms with Crippen molar-refractivity contribution < 1.29 is 4.79 Å². The Labute approximate surface area is 172 Å². The molecule has 1 heterocycles. The molecule has 140 valence electrons. The van der Waals surface area contributed by atoms with E-state index < -0.39 is 0 Å². The number of nitrogens with zero attached hydrogens (tertiary/aromatic N) is 3. The smallest absolute Gasteiger partial charge is 0.250 e. The maximum absolute atomic E-state index is 12.1. The number of benzene rings is 2. The van der Waals surface area contributed by atoms with Gasteiger partial charge in [-0.05, 0) is 48.7 Å². The van der Waals surface area contributed by atoms with Crippen LogP contribution in [0.25, 0.3) is 6.08 Å². The van der Waals surface area contributed by atoms with Gasteiger partial charge in [-0.1, -0.05) is 59.0 Å². The summed E-state index contributed by atoms with van der Waals surface area (Å²) < 4.78 is 0.776. The number of nitrogens with one attached hydrogen (secondary N) is 1. The van der Waals surface area contributed by atoms with Crippen LogP contribution < -0.4 is 5.32 Å². The summed E-state index contributed by atoms with van der Waals surface area (Å²) >= 11 is 2.88. The summed E-state index contributed by atoms with van der Waals surface area (Å²) in [5.41, 5.74) is 5.07. The maximum atomic E-state index is 12.1. The molecule has 0 aliphatic carbocycles. The molecule has 1 amide bonds. The number of rotatable bonds is 6. The molecule has 1 aromatic heterocycles. The van der Waals surface area contributed by atoms with E-state index >= 15 is 0 Å². The Hall–Kier alpha value is -2.95. The Morgan fingerprint density at radius 1 is 1.21 bits per heavy atom. The van der Waals surface area contributed by atoms with Crippen molar-refractivity contribution in [1.29, 1.82) is 5.26 Å². The Morgan fingerprint density at radius 2 is 2.00 bits per heavy atom. The highest BCUT2D eigenvalue weighted by atomic mass is 32.2. The van der Waals surface area contributed by atoms with Crippen molar-refractivity contribution >= 4 is 40.2 Å². The Bertz CT molecular complexity index is 1050. The van der Waals surface area contributed by atoms with Gasteiger partial charge in [-0.15, -0.1) is 10.2 Å². The standard InChI is InChI=1S/C21H18N4OS2/c1-14-3-8-18(15(2)11-14)9-10-19(26)23-20-24-25-21(28-20)27-13-17-6-4-16(12-22)5-7-17/h3-11H,13H2,1-2H3,(H,23,24,26)/b10-9+. The molecular weight excluding hydrogens is 388 g/mol. The first-order valence-corrected chi connectivity index (χ1v) is 10.4. The minimum atomic E-state index is -0.236. The number of carbonyl (C=O) groups excluding carboxylic acids is 1. The van der Waals surface area contributed by atoms with E-state index in [0.717, 1.165) is 26.8 Å². The second kappa shape index (κ2) is 9.31. The number of aromatic nitrogens is 2. The molecule has 1 N–H and O–H groups in total. The van der Waals surface area contributed by atoms with E-state index in [4.69, 9.17) is 5.26 Å². The van der Waals surface area contributed by atoms with E-state index in [-0.39, 0.29) is 5.91 Å². The molecule has 3 aromatic rings. The van der Waals surface area contributed by atoms with Crippen LogP contribution in [0.15, 0.2) is 52.9 Å². The fourth-order valence-corrected chi connectivity index (χ4v) is 4.18. The van der Waals surface area contributed by atoms with E-state index in [1.165, 1.54) is 23.0 Å². The highest BCUT2D eigenvalue weighted by molar-refractivity contribution is 8.00. The average molecular weight is 407 g/mol. The predicted molar refractivity (Wildman–Crippen MR) is 114 cm³/mol. The zero-order valence-electron chi connectivity index (χ0n) is 15.5. The Balaban J connectivity index is 1.54. The number of carbonyl (C=O) groups is 1. The number of hydrogen-bond donors (Lipinski definition) is 1. The van der Waals surface area contributed by atoms with Crippen LogP contribution in [0.4, 0.5) is 5.13 Å². The van der Waals surface area contributed by atoms with Crippen LogP contribution in [0, 0.1) is 25.2 Å². The number of hydrogen-bond acceptors (Lipinski definition) is 6. The van der Waals surface area contributed by atoms with Gasteiger partial charge in [0.1, 0.15) is 0 Å². The van der Waals surface area contributed by atoms with Crippen LogP contribution in [0.2, 0.25) is 0 Å². The summed E-state index contributed by atoms with van der Waals surface area (Å²) in [5.74, 6) is 0.487. The van der Waals surface area contributed by atoms with Gasteiger partial charge in [0.25, 0.3) is 0 Å². The summed E-state index contributed by atoms with van der Waals surface area (Å²) in [6, 6.07) is 15.6. The monoisotopic (exact) mass is 406 g/mol. The molecule has 2 aromatic carbocycles. The van der Waals surface area contributed by atoms with Crippen molar-refractivity contribution in [2.75, 3.05) is 5.32 Å². The molecule has 0 aliphatic heterocycles. The third kappa shape index (κ3) is 5.52. The number of aryl methyl sites for hydroxylation is 2. The summed E-state index contributed by atoms with van der Waals surface area (Å²) in [4.78, 5) is 12.1. The first-order valence-electron chi connectivity index (χ1n) is 8.55. The van der Waals surface area contributed by atoms with Crippen LogP contribution in [-0.2, 0) is 10.5 Å². The minimum absolute atomic E-state index is 0.236. The molecule has 5 nitrogen and oxygen atoms in total. The molecule has 28 heavy (non-hydrogen) atoms. The molecule has 0 spiro atoms. The third-order valence-corrected chi connectivity index (χ3v) is 5.96. The Kier molecular flexibility index (Phi) is 6.58. The largest absolute Gasteiger partial charge is 0.297 e. The SMILES string of the molecule is Cc1ccc(/C=C/C(=O)Nc2nnc(SCc3ccc(C#N)cc3)s2)c(C)c1. The van der Waals surface area contributed by atoms with Gasteiger partial charge in [0, 0.05) is 11.8 Å². The third-order valence-electron chi connectivity index (χ3n) is 3.92. The molecule has 0 atom stereocenters. The van der Waals surface area contributed by atoms with Gasteiger partial charge in [-0.2, -0.15) is 5.26 Å². The first-order chi connectivity index (χ1) is 13.5. The molecule has 0 radical (unpaired) electrons. The Morgan fingerprint density at radius 3 is 2.71 bits per heavy atom. The second-order valence-electron chi connectivity index (χ2n) is 6.15. The molecule has 0 bridgehead atoms. The van der Waals surface area contributed by atoms with Crippen molar-refractivity contribution in [3.8, 4) is 6.07 Å². The van der Waals surface area contributed by atoms with Gasteiger partial charge in [0.15, 0.2) is 4.34 Å². The van der Waals surface area contributed by atoms with Crippen molar-refractivity contribution in [1.82, 2.24) is 10.2 Å². The van der Waals surface area contributed by atoms with Crippen LogP contribution in [0.3, 0.4) is 0 Å². The van der Waals surface area contributed by atoms with Crippen molar-refractivity contribution in [2.24, 2.45) is 0 Å². The van der Waals surface area contributed by atoms with Crippen molar-refractivity contribution in [2.45, 2.75) is 23.9 Å². The zero-order valence-corrected chi connectivity index (χ0v) is 17.1. The number of nitriles is 1. The summed E-state index contributed by atoms with van der Waals surface area (Å²) in [6.45, 7) is 4.06. The summed E-state index contributed by atoms with van der Waals surface area (Å²) in [5, 5.41) is 20.2. The lowest BCUT2D eigenvalue weighted by Gasteiger charge is -2.01. The predicted octanol–water partition coefficient (Wildman–Crippen LogP) is 4.97. The van der Waals surface area contributed by atoms with Crippen LogP contribution in [0.1, 0.15) is 27.8 Å². The number of thioether (sulfide) groups is 1. The number of amides is 1. The quantitative estimate of drug-likeness (QED) is 0.355. The molecule has 0 unspecified atom stereocenters. The van der Waals surface area contributed by atoms with Gasteiger partial charge in [-0.3, -0.25) is 10.1 Å². The van der Waals surface area contributed by atoms with Gasteiger partial charge >= 0.3 is 0 Å². The topological polar surface area (TPSA) is 78.7 Å². The fourth-order valence-electron chi connectivity index (χ4n) is 2.46. The van der Waals surface area contributed by atoms with Crippen LogP contribution in [-0.4, -0.2) is 16.1 Å². The fraction of sp³-hybridized carbons (Fsp3) is 0.143. The highest BCUT2D eigenvalue weighted by Gasteiger charge is 2.07. The van der Waals surface area contributed by atoms with Crippen LogP contribution in [0.5, 0.6) is 0 Å². The molecule has 3 rings (SSSR count). The lowest BCUT2D eigenvalue weighted by atomic mass is 10.1. The zero-order chi connectivity index (χ0) is 19.9. The van der Waals surface area contributed by atoms with Gasteiger partial charge in [-0.25, -0.2) is 0 Å². The average Bonchev–Trinajstić information content (AvgIpc) is 3.13. The lowest BCUT2D eigenvalue weighted by molar-refractivity contribution is -0.111. The van der Waals surface area contributed by atoms with Crippen LogP contribution >= 0.6 is 23.1 Å². The van der Waals surface area contributed by atoms with E-state index in [0.29, 0.717) is 10.7 Å². The molecule has 0 aliphatic rings. The van der Waals surface area contributed by atoms with E-state index in [1.54, 1.807) is 30.0 Å². The molecule has 0 saturated carbocycles. The normalized spacial score (nSPS) is 10.8. The molecule has 7 heteroatoms. The first kappa shape index (κ1) is 19.8. The minimum Gasteiger partial charge on any atom is -0.297 e. The lowest BCUT2D eigenvalue weighted by Crippen LogP contribution is -2.07. The highest BCUT2D eigenvalue weighted by Crippen LogP contribution is 2.28. The second-order valence-corrected chi connectivity index (χ2v) is 8.35. The van der Waals surface area contributed by atoms with Gasteiger partial charge in [0.2, 0.25) is 11.0 Å². The summed E-state index contributed by atoms with van der Waals surface area (Å²) in [7, 11) is 0. The molecule has 0 saturated heterocycles.